The maximum absolute atomic E-state index is 5.71. The normalized spacial score (nSPS) is 10.5. The Morgan fingerprint density at radius 2 is 1.87 bits per heavy atom. The van der Waals surface area contributed by atoms with E-state index in [1.807, 2.05) is 0 Å². The molecule has 0 aromatic heterocycles. The minimum Gasteiger partial charge on any atom is -0.385 e. The van der Waals surface area contributed by atoms with Gasteiger partial charge in [-0.1, -0.05) is 24.3 Å². The van der Waals surface area contributed by atoms with Crippen molar-refractivity contribution in [2.45, 2.75) is 18.8 Å². The summed E-state index contributed by atoms with van der Waals surface area (Å²) >= 11 is 5.71. The minimum atomic E-state index is 0.585. The predicted molar refractivity (Wildman–Crippen MR) is 64.2 cm³/mol. The number of halogens is 1. The number of methoxy groups -OCH3 is 1. The van der Waals surface area contributed by atoms with Crippen LogP contribution in [0.5, 0.6) is 0 Å². The molecule has 0 aliphatic rings. The monoisotopic (exact) mass is 227 g/mol. The smallest absolute Gasteiger partial charge is 0.0474 e. The lowest BCUT2D eigenvalue weighted by Crippen LogP contribution is -2.15. The molecule has 0 saturated heterocycles. The van der Waals surface area contributed by atoms with Crippen LogP contribution in [0.15, 0.2) is 24.3 Å². The molecular weight excluding hydrogens is 210 g/mol. The van der Waals surface area contributed by atoms with Gasteiger partial charge in [-0.3, -0.25) is 0 Å². The van der Waals surface area contributed by atoms with Gasteiger partial charge in [0.05, 0.1) is 0 Å². The molecule has 1 N–H and O–H groups in total. The topological polar surface area (TPSA) is 21.3 Å². The van der Waals surface area contributed by atoms with Crippen molar-refractivity contribution in [3.63, 3.8) is 0 Å². The Hall–Kier alpha value is -0.570. The summed E-state index contributed by atoms with van der Waals surface area (Å²) in [5.74, 6) is 0.585. The molecule has 0 amide bonds. The summed E-state index contributed by atoms with van der Waals surface area (Å²) < 4.78 is 4.97. The molecule has 0 aliphatic heterocycles. The molecule has 0 fully saturated rings. The molecule has 0 aliphatic carbocycles. The molecule has 3 heteroatoms. The highest BCUT2D eigenvalue weighted by Gasteiger charge is 1.93. The summed E-state index contributed by atoms with van der Waals surface area (Å²) in [4.78, 5) is 0. The fraction of sp³-hybridized carbons (Fsp3) is 0.500. The van der Waals surface area contributed by atoms with Crippen LogP contribution in [0.2, 0.25) is 0 Å². The van der Waals surface area contributed by atoms with Gasteiger partial charge in [-0.25, -0.2) is 0 Å². The van der Waals surface area contributed by atoms with E-state index in [1.165, 1.54) is 11.1 Å². The Balaban J connectivity index is 2.20. The van der Waals surface area contributed by atoms with Gasteiger partial charge in [-0.05, 0) is 24.1 Å². The molecule has 0 heterocycles. The molecular formula is C12H18ClNO. The van der Waals surface area contributed by atoms with E-state index in [4.69, 9.17) is 16.3 Å². The van der Waals surface area contributed by atoms with E-state index >= 15 is 0 Å². The number of hydrogen-bond acceptors (Lipinski definition) is 2. The zero-order valence-electron chi connectivity index (χ0n) is 9.13. The van der Waals surface area contributed by atoms with Crippen molar-refractivity contribution in [1.29, 1.82) is 0 Å². The first-order valence-corrected chi connectivity index (χ1v) is 5.73. The molecule has 15 heavy (non-hydrogen) atoms. The van der Waals surface area contributed by atoms with E-state index in [0.29, 0.717) is 5.88 Å². The molecule has 0 atom stereocenters. The van der Waals surface area contributed by atoms with Gasteiger partial charge in [0.1, 0.15) is 0 Å². The first-order valence-electron chi connectivity index (χ1n) is 5.20. The molecule has 0 unspecified atom stereocenters. The van der Waals surface area contributed by atoms with Crippen molar-refractivity contribution < 1.29 is 4.74 Å². The molecule has 1 aromatic carbocycles. The first-order chi connectivity index (χ1) is 7.36. The molecule has 0 saturated carbocycles. The quantitative estimate of drug-likeness (QED) is 0.571. The van der Waals surface area contributed by atoms with E-state index in [9.17, 15) is 0 Å². The largest absolute Gasteiger partial charge is 0.385 e. The summed E-state index contributed by atoms with van der Waals surface area (Å²) in [6.07, 6.45) is 1.05. The number of nitrogens with one attached hydrogen (secondary N) is 1. The lowest BCUT2D eigenvalue weighted by atomic mass is 10.1. The standard InChI is InChI=1S/C12H18ClNO/c1-15-8-2-7-14-10-12-5-3-11(9-13)4-6-12/h3-6,14H,2,7-10H2,1H3. The van der Waals surface area contributed by atoms with Gasteiger partial charge in [0, 0.05) is 26.1 Å². The van der Waals surface area contributed by atoms with E-state index in [1.54, 1.807) is 7.11 Å². The number of ether oxygens (including phenoxy) is 1. The van der Waals surface area contributed by atoms with E-state index < -0.39 is 0 Å². The van der Waals surface area contributed by atoms with Crippen LogP contribution < -0.4 is 5.32 Å². The summed E-state index contributed by atoms with van der Waals surface area (Å²) in [6, 6.07) is 8.36. The van der Waals surface area contributed by atoms with Crippen molar-refractivity contribution in [2.24, 2.45) is 0 Å². The molecule has 0 spiro atoms. The summed E-state index contributed by atoms with van der Waals surface area (Å²) in [5, 5.41) is 3.36. The molecule has 0 radical (unpaired) electrons. The van der Waals surface area contributed by atoms with Crippen molar-refractivity contribution in [2.75, 3.05) is 20.3 Å². The van der Waals surface area contributed by atoms with Crippen LogP contribution in [-0.2, 0) is 17.2 Å². The van der Waals surface area contributed by atoms with Crippen LogP contribution in [0.25, 0.3) is 0 Å². The number of benzene rings is 1. The molecule has 2 nitrogen and oxygen atoms in total. The average Bonchev–Trinajstić information content (AvgIpc) is 2.30. The molecule has 1 rings (SSSR count). The van der Waals surface area contributed by atoms with Crippen LogP contribution in [-0.4, -0.2) is 20.3 Å². The zero-order valence-corrected chi connectivity index (χ0v) is 9.89. The third-order valence-electron chi connectivity index (χ3n) is 2.21. The summed E-state index contributed by atoms with van der Waals surface area (Å²) in [5.41, 5.74) is 2.46. The van der Waals surface area contributed by atoms with E-state index in [2.05, 4.69) is 29.6 Å². The fourth-order valence-electron chi connectivity index (χ4n) is 1.32. The van der Waals surface area contributed by atoms with Gasteiger partial charge in [-0.2, -0.15) is 0 Å². The van der Waals surface area contributed by atoms with Gasteiger partial charge >= 0.3 is 0 Å². The second-order valence-corrected chi connectivity index (χ2v) is 3.74. The van der Waals surface area contributed by atoms with Crippen LogP contribution >= 0.6 is 11.6 Å². The Labute approximate surface area is 96.6 Å². The highest BCUT2D eigenvalue weighted by Crippen LogP contribution is 2.06. The van der Waals surface area contributed by atoms with Gasteiger partial charge in [0.15, 0.2) is 0 Å². The minimum absolute atomic E-state index is 0.585. The summed E-state index contributed by atoms with van der Waals surface area (Å²) in [6.45, 7) is 2.72. The molecule has 0 bridgehead atoms. The van der Waals surface area contributed by atoms with Crippen molar-refractivity contribution in [1.82, 2.24) is 5.32 Å². The lowest BCUT2D eigenvalue weighted by Gasteiger charge is -2.05. The maximum Gasteiger partial charge on any atom is 0.0474 e. The van der Waals surface area contributed by atoms with Crippen LogP contribution in [0.3, 0.4) is 0 Å². The number of alkyl halides is 1. The Kier molecular flexibility index (Phi) is 6.41. The average molecular weight is 228 g/mol. The van der Waals surface area contributed by atoms with E-state index in [-0.39, 0.29) is 0 Å². The highest BCUT2D eigenvalue weighted by atomic mass is 35.5. The number of hydrogen-bond donors (Lipinski definition) is 1. The number of rotatable bonds is 7. The van der Waals surface area contributed by atoms with Crippen LogP contribution in [0, 0.1) is 0 Å². The van der Waals surface area contributed by atoms with Gasteiger partial charge in [0.2, 0.25) is 0 Å². The van der Waals surface area contributed by atoms with Crippen LogP contribution in [0.4, 0.5) is 0 Å². The Bertz CT molecular complexity index is 261. The third-order valence-corrected chi connectivity index (χ3v) is 2.52. The Morgan fingerprint density at radius 1 is 1.20 bits per heavy atom. The second kappa shape index (κ2) is 7.69. The van der Waals surface area contributed by atoms with Crippen LogP contribution in [0.1, 0.15) is 17.5 Å². The Morgan fingerprint density at radius 3 is 2.47 bits per heavy atom. The van der Waals surface area contributed by atoms with Gasteiger partial charge in [0.25, 0.3) is 0 Å². The SMILES string of the molecule is COCCCNCc1ccc(CCl)cc1. The second-order valence-electron chi connectivity index (χ2n) is 3.47. The highest BCUT2D eigenvalue weighted by molar-refractivity contribution is 6.17. The van der Waals surface area contributed by atoms with Gasteiger partial charge in [-0.15, -0.1) is 11.6 Å². The predicted octanol–water partition coefficient (Wildman–Crippen LogP) is 2.55. The molecule has 84 valence electrons. The van der Waals surface area contributed by atoms with Gasteiger partial charge < -0.3 is 10.1 Å². The zero-order chi connectivity index (χ0) is 10.9. The van der Waals surface area contributed by atoms with Crippen molar-refractivity contribution in [3.8, 4) is 0 Å². The van der Waals surface area contributed by atoms with Crippen molar-refractivity contribution in [3.05, 3.63) is 35.4 Å². The fourth-order valence-corrected chi connectivity index (χ4v) is 1.50. The first kappa shape index (κ1) is 12.5. The van der Waals surface area contributed by atoms with E-state index in [0.717, 1.165) is 26.1 Å². The molecule has 1 aromatic rings. The maximum atomic E-state index is 5.71. The third kappa shape index (κ3) is 5.17. The van der Waals surface area contributed by atoms with Crippen molar-refractivity contribution >= 4 is 11.6 Å². The summed E-state index contributed by atoms with van der Waals surface area (Å²) in [7, 11) is 1.73. The lowest BCUT2D eigenvalue weighted by molar-refractivity contribution is 0.194.